The third-order valence-electron chi connectivity index (χ3n) is 6.22. The number of aryl methyl sites for hydroxylation is 1. The maximum Gasteiger partial charge on any atom is 0.306 e. The number of nitrogens with one attached hydrogen (secondary N) is 2. The Morgan fingerprint density at radius 2 is 1.60 bits per heavy atom. The molecule has 2 atom stereocenters. The van der Waals surface area contributed by atoms with Gasteiger partial charge in [-0.2, -0.15) is 0 Å². The van der Waals surface area contributed by atoms with Gasteiger partial charge in [0.15, 0.2) is 0 Å². The predicted octanol–water partition coefficient (Wildman–Crippen LogP) is 5.19. The number of anilines is 1. The van der Waals surface area contributed by atoms with E-state index < -0.39 is 47.3 Å². The third-order valence-corrected chi connectivity index (χ3v) is 6.22. The van der Waals surface area contributed by atoms with Crippen LogP contribution in [0.3, 0.4) is 0 Å². The van der Waals surface area contributed by atoms with Crippen molar-refractivity contribution in [1.82, 2.24) is 5.32 Å². The van der Waals surface area contributed by atoms with Crippen molar-refractivity contribution in [2.75, 3.05) is 11.9 Å². The monoisotopic (exact) mass is 559 g/mol. The molecule has 3 aromatic rings. The van der Waals surface area contributed by atoms with Crippen LogP contribution in [0, 0.1) is 23.3 Å². The molecular weight excluding hydrogens is 526 g/mol. The number of amides is 1. The molecule has 40 heavy (non-hydrogen) atoms. The molecule has 0 fully saturated rings. The lowest BCUT2D eigenvalue weighted by Gasteiger charge is -2.25. The Morgan fingerprint density at radius 3 is 2.30 bits per heavy atom. The molecule has 0 bridgehead atoms. The molecule has 3 aromatic carbocycles. The molecule has 214 valence electrons. The van der Waals surface area contributed by atoms with E-state index in [-0.39, 0.29) is 37.9 Å². The van der Waals surface area contributed by atoms with Crippen molar-refractivity contribution in [3.05, 3.63) is 101 Å². The zero-order valence-corrected chi connectivity index (χ0v) is 22.2. The minimum Gasteiger partial charge on any atom is -0.459 e. The Hall–Kier alpha value is -3.76. The number of esters is 1. The molecule has 0 unspecified atom stereocenters. The summed E-state index contributed by atoms with van der Waals surface area (Å²) in [6.45, 7) is 2.73. The lowest BCUT2D eigenvalue weighted by molar-refractivity contribution is -0.150. The molecule has 0 saturated heterocycles. The molecule has 0 heterocycles. The van der Waals surface area contributed by atoms with Gasteiger partial charge in [0.05, 0.1) is 5.69 Å². The van der Waals surface area contributed by atoms with Gasteiger partial charge in [-0.05, 0) is 60.2 Å². The summed E-state index contributed by atoms with van der Waals surface area (Å²) in [7, 11) is 0. The summed E-state index contributed by atoms with van der Waals surface area (Å²) in [4.78, 5) is 24.7. The second kappa shape index (κ2) is 15.1. The molecule has 1 amide bonds. The Bertz CT molecular complexity index is 1280. The highest BCUT2D eigenvalue weighted by Gasteiger charge is 2.23. The minimum atomic E-state index is -0.906. The van der Waals surface area contributed by atoms with Crippen LogP contribution >= 0.6 is 0 Å². The largest absolute Gasteiger partial charge is 0.459 e. The molecule has 4 N–H and O–H groups in total. The van der Waals surface area contributed by atoms with Gasteiger partial charge in [-0.1, -0.05) is 31.2 Å². The van der Waals surface area contributed by atoms with Crippen molar-refractivity contribution < 1.29 is 31.9 Å². The standard InChI is InChI=1S/C30H33F4N3O3/c1-2-19-5-3-6-20(11-19)17-36-18-28(26(35)14-21-12-23(32)15-24(33)13-21)40-30(39)8-4-7-29(38)37-27-10-9-22(31)16-25(27)34/h3,5-6,9-13,15-16,26,28,36H,2,4,7-8,14,17-18,35H2,1H3,(H,37,38)/t26-,28+/m0/s1. The van der Waals surface area contributed by atoms with Crippen LogP contribution in [-0.2, 0) is 33.7 Å². The zero-order valence-electron chi connectivity index (χ0n) is 22.2. The van der Waals surface area contributed by atoms with Crippen LogP contribution in [0.5, 0.6) is 0 Å². The summed E-state index contributed by atoms with van der Waals surface area (Å²) in [6.07, 6.45) is 0.0234. The van der Waals surface area contributed by atoms with Gasteiger partial charge in [0.2, 0.25) is 5.91 Å². The van der Waals surface area contributed by atoms with Crippen LogP contribution in [-0.4, -0.2) is 30.6 Å². The fourth-order valence-electron chi connectivity index (χ4n) is 4.16. The van der Waals surface area contributed by atoms with E-state index in [1.165, 1.54) is 17.7 Å². The number of carbonyl (C=O) groups is 2. The van der Waals surface area contributed by atoms with Crippen LogP contribution < -0.4 is 16.4 Å². The summed E-state index contributed by atoms with van der Waals surface area (Å²) in [5.41, 5.74) is 8.70. The summed E-state index contributed by atoms with van der Waals surface area (Å²) >= 11 is 0. The highest BCUT2D eigenvalue weighted by molar-refractivity contribution is 5.91. The van der Waals surface area contributed by atoms with E-state index in [4.69, 9.17) is 10.5 Å². The summed E-state index contributed by atoms with van der Waals surface area (Å²) in [6, 6.07) is 13.1. The Morgan fingerprint density at radius 1 is 0.875 bits per heavy atom. The van der Waals surface area contributed by atoms with Gasteiger partial charge < -0.3 is 21.1 Å². The van der Waals surface area contributed by atoms with E-state index in [2.05, 4.69) is 23.6 Å². The molecule has 0 aliphatic carbocycles. The zero-order chi connectivity index (χ0) is 29.1. The number of carbonyl (C=O) groups excluding carboxylic acids is 2. The van der Waals surface area contributed by atoms with E-state index in [1.54, 1.807) is 0 Å². The average Bonchev–Trinajstić information content (AvgIpc) is 2.89. The minimum absolute atomic E-state index is 0.0608. The summed E-state index contributed by atoms with van der Waals surface area (Å²) in [5, 5.41) is 5.56. The van der Waals surface area contributed by atoms with Gasteiger partial charge in [-0.3, -0.25) is 9.59 Å². The Labute approximate surface area is 230 Å². The molecule has 0 aliphatic heterocycles. The highest BCUT2D eigenvalue weighted by Crippen LogP contribution is 2.16. The number of benzene rings is 3. The topological polar surface area (TPSA) is 93.4 Å². The van der Waals surface area contributed by atoms with Crippen molar-refractivity contribution in [3.63, 3.8) is 0 Å². The maximum absolute atomic E-state index is 13.7. The van der Waals surface area contributed by atoms with Gasteiger partial charge in [-0.15, -0.1) is 0 Å². The van der Waals surface area contributed by atoms with Crippen LogP contribution in [0.1, 0.15) is 42.9 Å². The average molecular weight is 560 g/mol. The molecule has 3 rings (SSSR count). The first-order chi connectivity index (χ1) is 19.1. The van der Waals surface area contributed by atoms with Crippen molar-refractivity contribution in [3.8, 4) is 0 Å². The first kappa shape index (κ1) is 30.8. The lowest BCUT2D eigenvalue weighted by Crippen LogP contribution is -2.46. The maximum atomic E-state index is 13.7. The van der Waals surface area contributed by atoms with Crippen molar-refractivity contribution in [2.24, 2.45) is 5.73 Å². The molecule has 10 heteroatoms. The van der Waals surface area contributed by atoms with Gasteiger partial charge in [0.25, 0.3) is 0 Å². The number of halogens is 4. The highest BCUT2D eigenvalue weighted by atomic mass is 19.1. The van der Waals surface area contributed by atoms with E-state index >= 15 is 0 Å². The van der Waals surface area contributed by atoms with Gasteiger partial charge in [0.1, 0.15) is 29.4 Å². The quantitative estimate of drug-likeness (QED) is 0.187. The predicted molar refractivity (Wildman–Crippen MR) is 144 cm³/mol. The normalized spacial score (nSPS) is 12.6. The fraction of sp³-hybridized carbons (Fsp3) is 0.333. The number of hydrogen-bond acceptors (Lipinski definition) is 5. The first-order valence-corrected chi connectivity index (χ1v) is 13.1. The van der Waals surface area contributed by atoms with Crippen molar-refractivity contribution in [1.29, 1.82) is 0 Å². The van der Waals surface area contributed by atoms with Gasteiger partial charge >= 0.3 is 5.97 Å². The molecule has 0 radical (unpaired) electrons. The van der Waals surface area contributed by atoms with Gasteiger partial charge in [0, 0.05) is 44.1 Å². The van der Waals surface area contributed by atoms with Crippen LogP contribution in [0.25, 0.3) is 0 Å². The van der Waals surface area contributed by atoms with Crippen molar-refractivity contribution in [2.45, 2.75) is 57.7 Å². The molecule has 0 aromatic heterocycles. The second-order valence-corrected chi connectivity index (χ2v) is 9.50. The fourth-order valence-corrected chi connectivity index (χ4v) is 4.16. The van der Waals surface area contributed by atoms with Crippen molar-refractivity contribution >= 4 is 17.6 Å². The number of rotatable bonds is 14. The second-order valence-electron chi connectivity index (χ2n) is 9.50. The molecule has 0 saturated carbocycles. The molecule has 6 nitrogen and oxygen atoms in total. The van der Waals surface area contributed by atoms with E-state index in [1.807, 2.05) is 18.2 Å². The van der Waals surface area contributed by atoms with E-state index in [9.17, 15) is 27.2 Å². The summed E-state index contributed by atoms with van der Waals surface area (Å²) < 4.78 is 59.7. The van der Waals surface area contributed by atoms with E-state index in [0.717, 1.165) is 30.2 Å². The van der Waals surface area contributed by atoms with Crippen LogP contribution in [0.2, 0.25) is 0 Å². The number of hydrogen-bond donors (Lipinski definition) is 3. The molecule has 0 aliphatic rings. The van der Waals surface area contributed by atoms with Crippen LogP contribution in [0.15, 0.2) is 60.7 Å². The Balaban J connectivity index is 1.56. The number of ether oxygens (including phenoxy) is 1. The number of nitrogens with two attached hydrogens (primary N) is 1. The summed E-state index contributed by atoms with van der Waals surface area (Å²) in [5.74, 6) is -4.29. The third kappa shape index (κ3) is 10.1. The van der Waals surface area contributed by atoms with E-state index in [0.29, 0.717) is 18.2 Å². The van der Waals surface area contributed by atoms with Crippen LogP contribution in [0.4, 0.5) is 23.2 Å². The molecular formula is C30H33F4N3O3. The molecule has 0 spiro atoms. The smallest absolute Gasteiger partial charge is 0.306 e. The lowest BCUT2D eigenvalue weighted by atomic mass is 10.0. The SMILES string of the molecule is CCc1cccc(CNC[C@@H](OC(=O)CCCC(=O)Nc2ccc(F)cc2F)[C@@H](N)Cc2cc(F)cc(F)c2)c1. The Kier molecular flexibility index (Phi) is 11.6. The van der Waals surface area contributed by atoms with Gasteiger partial charge in [-0.25, -0.2) is 17.6 Å². The first-order valence-electron chi connectivity index (χ1n) is 13.1.